The van der Waals surface area contributed by atoms with Gasteiger partial charge in [-0.05, 0) is 11.6 Å². The Kier molecular flexibility index (Phi) is 2.66. The molecule has 0 aliphatic rings. The molecule has 0 saturated heterocycles. The molecule has 0 heterocycles. The molecule has 0 aromatic heterocycles. The largest absolute Gasteiger partial charge is 0.481 e. The zero-order valence-corrected chi connectivity index (χ0v) is 6.45. The van der Waals surface area contributed by atoms with Gasteiger partial charge < -0.3 is 10.5 Å². The first-order chi connectivity index (χ1) is 5.74. The van der Waals surface area contributed by atoms with Crippen molar-refractivity contribution in [1.82, 2.24) is 0 Å². The van der Waals surface area contributed by atoms with Crippen LogP contribution in [0.2, 0.25) is 0 Å². The number of nitrogens with one attached hydrogen (secondary N) is 1. The topological polar surface area (TPSA) is 75.3 Å². The molecule has 0 fully saturated rings. The fourth-order valence-electron chi connectivity index (χ4n) is 0.978. The van der Waals surface area contributed by atoms with E-state index in [0.717, 1.165) is 0 Å². The third kappa shape index (κ3) is 1.96. The lowest BCUT2D eigenvalue weighted by molar-refractivity contribution is -0.136. The number of anilines is 1. The Morgan fingerprint density at radius 3 is 2.75 bits per heavy atom. The Morgan fingerprint density at radius 2 is 2.17 bits per heavy atom. The van der Waals surface area contributed by atoms with Gasteiger partial charge in [-0.3, -0.25) is 10.6 Å². The average Bonchev–Trinajstić information content (AvgIpc) is 2.04. The summed E-state index contributed by atoms with van der Waals surface area (Å²) in [4.78, 5) is 10.4. The molecule has 0 aliphatic heterocycles. The third-order valence-electron chi connectivity index (χ3n) is 1.51. The minimum Gasteiger partial charge on any atom is -0.481 e. The van der Waals surface area contributed by atoms with Crippen LogP contribution in [0.15, 0.2) is 24.3 Å². The Labute approximate surface area is 70.0 Å². The molecular weight excluding hydrogens is 156 g/mol. The molecule has 1 aromatic carbocycles. The Bertz CT molecular complexity index is 286. The molecule has 4 heteroatoms. The lowest BCUT2D eigenvalue weighted by Crippen LogP contribution is -2.11. The summed E-state index contributed by atoms with van der Waals surface area (Å²) in [6.45, 7) is 0. The van der Waals surface area contributed by atoms with Crippen molar-refractivity contribution in [2.24, 2.45) is 5.84 Å². The Hall–Kier alpha value is -1.55. The van der Waals surface area contributed by atoms with Crippen LogP contribution in [0.25, 0.3) is 0 Å². The molecule has 4 N–H and O–H groups in total. The summed E-state index contributed by atoms with van der Waals surface area (Å²) in [6.07, 6.45) is -0.0135. The predicted octanol–water partition coefficient (Wildman–Crippen LogP) is 0.599. The second kappa shape index (κ2) is 3.73. The monoisotopic (exact) mass is 166 g/mol. The maximum atomic E-state index is 10.4. The zero-order chi connectivity index (χ0) is 8.97. The summed E-state index contributed by atoms with van der Waals surface area (Å²) in [5.74, 6) is 4.32. The first kappa shape index (κ1) is 8.55. The number of rotatable bonds is 3. The van der Waals surface area contributed by atoms with Gasteiger partial charge in [0.2, 0.25) is 0 Å². The molecular formula is C8H10N2O2. The summed E-state index contributed by atoms with van der Waals surface area (Å²) in [5.41, 5.74) is 3.78. The summed E-state index contributed by atoms with van der Waals surface area (Å²) >= 11 is 0. The van der Waals surface area contributed by atoms with E-state index >= 15 is 0 Å². The summed E-state index contributed by atoms with van der Waals surface area (Å²) in [7, 11) is 0. The molecule has 0 aliphatic carbocycles. The molecule has 0 radical (unpaired) electrons. The predicted molar refractivity (Wildman–Crippen MR) is 45.6 cm³/mol. The van der Waals surface area contributed by atoms with Gasteiger partial charge in [0.25, 0.3) is 0 Å². The molecule has 64 valence electrons. The molecule has 0 amide bonds. The van der Waals surface area contributed by atoms with E-state index in [1.807, 2.05) is 0 Å². The van der Waals surface area contributed by atoms with E-state index in [2.05, 4.69) is 5.43 Å². The minimum atomic E-state index is -0.863. The van der Waals surface area contributed by atoms with E-state index in [1.165, 1.54) is 0 Å². The number of para-hydroxylation sites is 1. The van der Waals surface area contributed by atoms with Gasteiger partial charge in [-0.25, -0.2) is 0 Å². The van der Waals surface area contributed by atoms with E-state index in [-0.39, 0.29) is 6.42 Å². The third-order valence-corrected chi connectivity index (χ3v) is 1.51. The number of benzene rings is 1. The van der Waals surface area contributed by atoms with Crippen LogP contribution in [-0.2, 0) is 11.2 Å². The fourth-order valence-corrected chi connectivity index (χ4v) is 0.978. The van der Waals surface area contributed by atoms with Crippen LogP contribution in [0.1, 0.15) is 5.56 Å². The lowest BCUT2D eigenvalue weighted by Gasteiger charge is -2.04. The summed E-state index contributed by atoms with van der Waals surface area (Å²) < 4.78 is 0. The van der Waals surface area contributed by atoms with Crippen LogP contribution >= 0.6 is 0 Å². The smallest absolute Gasteiger partial charge is 0.307 e. The normalized spacial score (nSPS) is 9.42. The van der Waals surface area contributed by atoms with Crippen molar-refractivity contribution in [1.29, 1.82) is 0 Å². The van der Waals surface area contributed by atoms with Gasteiger partial charge >= 0.3 is 5.97 Å². The highest BCUT2D eigenvalue weighted by molar-refractivity contribution is 5.73. The number of carboxylic acid groups (broad SMARTS) is 1. The van der Waals surface area contributed by atoms with Crippen molar-refractivity contribution in [3.63, 3.8) is 0 Å². The molecule has 12 heavy (non-hydrogen) atoms. The van der Waals surface area contributed by atoms with Crippen LogP contribution in [0.5, 0.6) is 0 Å². The second-order valence-corrected chi connectivity index (χ2v) is 2.37. The molecule has 0 unspecified atom stereocenters. The second-order valence-electron chi connectivity index (χ2n) is 2.37. The SMILES string of the molecule is NNc1ccccc1CC(=O)O. The summed E-state index contributed by atoms with van der Waals surface area (Å²) in [6, 6.07) is 7.03. The van der Waals surface area contributed by atoms with Crippen LogP contribution in [-0.4, -0.2) is 11.1 Å². The molecule has 1 aromatic rings. The molecule has 0 atom stereocenters. The number of carbonyl (C=O) groups is 1. The number of hydrogen-bond acceptors (Lipinski definition) is 3. The van der Waals surface area contributed by atoms with E-state index < -0.39 is 5.97 Å². The number of carboxylic acids is 1. The van der Waals surface area contributed by atoms with E-state index in [0.29, 0.717) is 11.3 Å². The highest BCUT2D eigenvalue weighted by Gasteiger charge is 2.03. The maximum absolute atomic E-state index is 10.4. The fraction of sp³-hybridized carbons (Fsp3) is 0.125. The van der Waals surface area contributed by atoms with Crippen molar-refractivity contribution < 1.29 is 9.90 Å². The van der Waals surface area contributed by atoms with Crippen molar-refractivity contribution >= 4 is 11.7 Å². The Balaban J connectivity index is 2.89. The molecule has 0 saturated carbocycles. The van der Waals surface area contributed by atoms with Crippen LogP contribution in [0, 0.1) is 0 Å². The number of nitrogens with two attached hydrogens (primary N) is 1. The van der Waals surface area contributed by atoms with Gasteiger partial charge in [-0.15, -0.1) is 0 Å². The maximum Gasteiger partial charge on any atom is 0.307 e. The van der Waals surface area contributed by atoms with Gasteiger partial charge in [0, 0.05) is 0 Å². The van der Waals surface area contributed by atoms with E-state index in [1.54, 1.807) is 24.3 Å². The van der Waals surface area contributed by atoms with Crippen molar-refractivity contribution in [3.8, 4) is 0 Å². The van der Waals surface area contributed by atoms with Gasteiger partial charge in [0.15, 0.2) is 0 Å². The molecule has 0 bridgehead atoms. The van der Waals surface area contributed by atoms with E-state index in [4.69, 9.17) is 10.9 Å². The van der Waals surface area contributed by atoms with Crippen LogP contribution < -0.4 is 11.3 Å². The number of hydrogen-bond donors (Lipinski definition) is 3. The van der Waals surface area contributed by atoms with Crippen LogP contribution in [0.3, 0.4) is 0 Å². The van der Waals surface area contributed by atoms with Crippen LogP contribution in [0.4, 0.5) is 5.69 Å². The van der Waals surface area contributed by atoms with Gasteiger partial charge in [0.1, 0.15) is 0 Å². The summed E-state index contributed by atoms with van der Waals surface area (Å²) in [5, 5.41) is 8.52. The van der Waals surface area contributed by atoms with Crippen molar-refractivity contribution in [2.45, 2.75) is 6.42 Å². The van der Waals surface area contributed by atoms with Gasteiger partial charge in [-0.2, -0.15) is 0 Å². The Morgan fingerprint density at radius 1 is 1.50 bits per heavy atom. The van der Waals surface area contributed by atoms with E-state index in [9.17, 15) is 4.79 Å². The lowest BCUT2D eigenvalue weighted by atomic mass is 10.1. The van der Waals surface area contributed by atoms with Gasteiger partial charge in [-0.1, -0.05) is 18.2 Å². The number of nitrogen functional groups attached to an aromatic ring is 1. The molecule has 1 rings (SSSR count). The molecule has 4 nitrogen and oxygen atoms in total. The standard InChI is InChI=1S/C8H10N2O2/c9-10-7-4-2-1-3-6(7)5-8(11)12/h1-4,10H,5,9H2,(H,11,12). The first-order valence-corrected chi connectivity index (χ1v) is 3.50. The van der Waals surface area contributed by atoms with Crippen molar-refractivity contribution in [2.75, 3.05) is 5.43 Å². The highest BCUT2D eigenvalue weighted by atomic mass is 16.4. The average molecular weight is 166 g/mol. The van der Waals surface area contributed by atoms with Gasteiger partial charge in [0.05, 0.1) is 12.1 Å². The number of aliphatic carboxylic acids is 1. The zero-order valence-electron chi connectivity index (χ0n) is 6.45. The highest BCUT2D eigenvalue weighted by Crippen LogP contribution is 2.13. The minimum absolute atomic E-state index is 0.0135. The molecule has 0 spiro atoms. The quantitative estimate of drug-likeness (QED) is 0.454. The van der Waals surface area contributed by atoms with Crippen molar-refractivity contribution in [3.05, 3.63) is 29.8 Å². The first-order valence-electron chi connectivity index (χ1n) is 3.50. The number of hydrazine groups is 1.